The second-order valence-corrected chi connectivity index (χ2v) is 13.7. The summed E-state index contributed by atoms with van der Waals surface area (Å²) in [6.07, 6.45) is 15.3. The molecule has 4 heterocycles. The van der Waals surface area contributed by atoms with E-state index in [9.17, 15) is 4.39 Å². The summed E-state index contributed by atoms with van der Waals surface area (Å²) in [6.45, 7) is 6.75. The minimum Gasteiger partial charge on any atom is -0.380 e. The molecule has 45 heavy (non-hydrogen) atoms. The normalized spacial score (nSPS) is 26.3. The molecule has 8 heteroatoms. The molecule has 1 aliphatic carbocycles. The van der Waals surface area contributed by atoms with Gasteiger partial charge in [0, 0.05) is 60.2 Å². The molecule has 0 amide bonds. The van der Waals surface area contributed by atoms with Crippen LogP contribution in [-0.2, 0) is 4.74 Å². The van der Waals surface area contributed by atoms with Gasteiger partial charge in [-0.25, -0.2) is 14.4 Å². The zero-order valence-electron chi connectivity index (χ0n) is 26.2. The molecule has 4 unspecified atom stereocenters. The van der Waals surface area contributed by atoms with E-state index in [-0.39, 0.29) is 11.5 Å². The van der Waals surface area contributed by atoms with Crippen LogP contribution < -0.4 is 10.6 Å². The minimum atomic E-state index is -0.394. The standard InChI is InChI=1S/C37H43ClFN5O/c1-3-28-32(39)16-13-24-9-7-11-29(35(24)28)34-23(2)36-30(19-31(34)38)37(44-20-25-14-15-26(21-44)41-25)43-33(42-36)12-5-4-6-18-45-22-27-10-8-17-40-27/h1,7,9,11,13,16,25-27,30,40-41H,4-6,8,10,12,14-15,17-22H2,2H3. The van der Waals surface area contributed by atoms with Crippen LogP contribution in [0.5, 0.6) is 0 Å². The van der Waals surface area contributed by atoms with Crippen molar-refractivity contribution in [1.82, 2.24) is 15.5 Å². The first-order valence-corrected chi connectivity index (χ1v) is 17.1. The first kappa shape index (κ1) is 30.6. The average molecular weight is 628 g/mol. The van der Waals surface area contributed by atoms with Crippen LogP contribution in [0.25, 0.3) is 16.3 Å². The average Bonchev–Trinajstić information content (AvgIpc) is 3.69. The third-order valence-corrected chi connectivity index (χ3v) is 10.5. The number of allylic oxidation sites excluding steroid dienone is 3. The van der Waals surface area contributed by atoms with Gasteiger partial charge in [-0.2, -0.15) is 0 Å². The topological polar surface area (TPSA) is 61.2 Å². The highest BCUT2D eigenvalue weighted by Crippen LogP contribution is 2.46. The Kier molecular flexibility index (Phi) is 9.10. The van der Waals surface area contributed by atoms with Crippen molar-refractivity contribution in [3.63, 3.8) is 0 Å². The summed E-state index contributed by atoms with van der Waals surface area (Å²) in [5.41, 5.74) is 4.10. The van der Waals surface area contributed by atoms with Crippen molar-refractivity contribution in [3.8, 4) is 12.3 Å². The van der Waals surface area contributed by atoms with E-state index in [0.717, 1.165) is 108 Å². The summed E-state index contributed by atoms with van der Waals surface area (Å²) >= 11 is 7.21. The number of hydrogen-bond acceptors (Lipinski definition) is 6. The zero-order valence-corrected chi connectivity index (χ0v) is 26.9. The number of piperazine rings is 1. The number of hydrogen-bond donors (Lipinski definition) is 2. The zero-order chi connectivity index (χ0) is 30.9. The Morgan fingerprint density at radius 1 is 1.09 bits per heavy atom. The molecule has 6 nitrogen and oxygen atoms in total. The van der Waals surface area contributed by atoms with Gasteiger partial charge in [-0.05, 0) is 81.0 Å². The number of unbranched alkanes of at least 4 members (excludes halogenated alkanes) is 2. The summed E-state index contributed by atoms with van der Waals surface area (Å²) in [6, 6.07) is 10.7. The Hall–Kier alpha value is -3.02. The van der Waals surface area contributed by atoms with Gasteiger partial charge in [0.15, 0.2) is 0 Å². The molecule has 7 rings (SSSR count). The van der Waals surface area contributed by atoms with Crippen LogP contribution in [0, 0.1) is 24.1 Å². The molecule has 2 N–H and O–H groups in total. The highest BCUT2D eigenvalue weighted by molar-refractivity contribution is 6.34. The number of rotatable bonds is 9. The number of aliphatic imine (C=N–C) groups is 2. The Morgan fingerprint density at radius 3 is 2.71 bits per heavy atom. The largest absolute Gasteiger partial charge is 0.380 e. The first-order chi connectivity index (χ1) is 22.0. The molecular formula is C37H43ClFN5O. The lowest BCUT2D eigenvalue weighted by Gasteiger charge is -2.41. The fraction of sp³-hybridized carbons (Fsp3) is 0.514. The summed E-state index contributed by atoms with van der Waals surface area (Å²) in [4.78, 5) is 13.0. The fourth-order valence-electron chi connectivity index (χ4n) is 7.95. The molecule has 2 bridgehead atoms. The van der Waals surface area contributed by atoms with E-state index >= 15 is 0 Å². The lowest BCUT2D eigenvalue weighted by molar-refractivity contribution is 0.112. The third-order valence-electron chi connectivity index (χ3n) is 10.2. The summed E-state index contributed by atoms with van der Waals surface area (Å²) in [5, 5.41) is 9.63. The smallest absolute Gasteiger partial charge is 0.139 e. The number of nitrogens with one attached hydrogen (secondary N) is 2. The summed E-state index contributed by atoms with van der Waals surface area (Å²) in [7, 11) is 0. The van der Waals surface area contributed by atoms with Gasteiger partial charge in [0.2, 0.25) is 0 Å². The molecule has 0 spiro atoms. The molecule has 5 aliphatic rings. The molecule has 0 aromatic heterocycles. The van der Waals surface area contributed by atoms with Crippen LogP contribution in [0.15, 0.2) is 56.6 Å². The predicted octanol–water partition coefficient (Wildman–Crippen LogP) is 6.78. The number of halogens is 2. The first-order valence-electron chi connectivity index (χ1n) is 16.8. The molecule has 2 aromatic carbocycles. The predicted molar refractivity (Wildman–Crippen MR) is 182 cm³/mol. The second-order valence-electron chi connectivity index (χ2n) is 13.2. The van der Waals surface area contributed by atoms with E-state index in [1.807, 2.05) is 18.2 Å². The van der Waals surface area contributed by atoms with Crippen LogP contribution in [0.4, 0.5) is 4.39 Å². The third kappa shape index (κ3) is 6.23. The Labute approximate surface area is 271 Å². The maximum absolute atomic E-state index is 14.9. The van der Waals surface area contributed by atoms with Crippen molar-refractivity contribution in [2.24, 2.45) is 15.9 Å². The highest BCUT2D eigenvalue weighted by atomic mass is 35.5. The quantitative estimate of drug-likeness (QED) is 0.238. The maximum Gasteiger partial charge on any atom is 0.139 e. The van der Waals surface area contributed by atoms with E-state index in [4.69, 9.17) is 32.7 Å². The second kappa shape index (κ2) is 13.4. The van der Waals surface area contributed by atoms with Crippen LogP contribution >= 0.6 is 11.6 Å². The molecule has 236 valence electrons. The highest BCUT2D eigenvalue weighted by Gasteiger charge is 2.40. The molecule has 3 fully saturated rings. The van der Waals surface area contributed by atoms with E-state index in [1.54, 1.807) is 6.07 Å². The monoisotopic (exact) mass is 627 g/mol. The number of benzene rings is 2. The molecule has 4 aliphatic heterocycles. The number of likely N-dealkylation sites (tertiary alicyclic amines) is 1. The molecule has 4 atom stereocenters. The van der Waals surface area contributed by atoms with Gasteiger partial charge in [0.05, 0.1) is 23.8 Å². The van der Waals surface area contributed by atoms with Gasteiger partial charge in [0.25, 0.3) is 0 Å². The fourth-order valence-corrected chi connectivity index (χ4v) is 8.35. The molecule has 2 aromatic rings. The van der Waals surface area contributed by atoms with E-state index in [0.29, 0.717) is 24.5 Å². The van der Waals surface area contributed by atoms with Crippen molar-refractivity contribution in [1.29, 1.82) is 0 Å². The van der Waals surface area contributed by atoms with Crippen molar-refractivity contribution in [2.75, 3.05) is 32.8 Å². The number of fused-ring (bicyclic) bond motifs is 4. The SMILES string of the molecule is C#Cc1c(F)ccc2cccc(C3=C(Cl)CC4C(N5CC6CCC(C5)N6)=NC(CCCCCOCC5CCCN5)=NC4=C3C)c12. The van der Waals surface area contributed by atoms with Crippen molar-refractivity contribution >= 4 is 39.6 Å². The van der Waals surface area contributed by atoms with Crippen LogP contribution in [0.3, 0.4) is 0 Å². The van der Waals surface area contributed by atoms with E-state index in [2.05, 4.69) is 28.4 Å². The van der Waals surface area contributed by atoms with Crippen molar-refractivity contribution in [2.45, 2.75) is 82.8 Å². The summed E-state index contributed by atoms with van der Waals surface area (Å²) in [5.74, 6) is 4.20. The Balaban J connectivity index is 1.16. The maximum atomic E-state index is 14.9. The van der Waals surface area contributed by atoms with Gasteiger partial charge >= 0.3 is 0 Å². The molecular weight excluding hydrogens is 585 g/mol. The lowest BCUT2D eigenvalue weighted by Crippen LogP contribution is -2.55. The number of terminal acetylenes is 1. The van der Waals surface area contributed by atoms with Gasteiger partial charge in [0.1, 0.15) is 17.5 Å². The van der Waals surface area contributed by atoms with Gasteiger partial charge in [-0.3, -0.25) is 0 Å². The summed E-state index contributed by atoms with van der Waals surface area (Å²) < 4.78 is 20.9. The molecule has 0 radical (unpaired) electrons. The van der Waals surface area contributed by atoms with Crippen LogP contribution in [0.2, 0.25) is 0 Å². The van der Waals surface area contributed by atoms with Gasteiger partial charge in [-0.15, -0.1) is 6.42 Å². The molecule has 0 saturated carbocycles. The van der Waals surface area contributed by atoms with Crippen LogP contribution in [-0.4, -0.2) is 67.5 Å². The van der Waals surface area contributed by atoms with E-state index in [1.165, 1.54) is 31.7 Å². The van der Waals surface area contributed by atoms with E-state index < -0.39 is 5.82 Å². The Morgan fingerprint density at radius 2 is 1.93 bits per heavy atom. The Bertz CT molecular complexity index is 1620. The van der Waals surface area contributed by atoms with Crippen LogP contribution in [0.1, 0.15) is 75.8 Å². The van der Waals surface area contributed by atoms with Crippen molar-refractivity contribution in [3.05, 3.63) is 63.6 Å². The number of ether oxygens (including phenoxy) is 1. The number of amidine groups is 2. The van der Waals surface area contributed by atoms with Crippen molar-refractivity contribution < 1.29 is 9.13 Å². The number of nitrogens with zero attached hydrogens (tertiary/aromatic N) is 3. The lowest BCUT2D eigenvalue weighted by atomic mass is 9.81. The minimum absolute atomic E-state index is 0.00101. The molecule has 3 saturated heterocycles. The van der Waals surface area contributed by atoms with Gasteiger partial charge < -0.3 is 20.3 Å². The van der Waals surface area contributed by atoms with Gasteiger partial charge in [-0.1, -0.05) is 48.2 Å².